The maximum Gasteiger partial charge on any atom is 0.522 e. The molecule has 0 aromatic heterocycles. The summed E-state index contributed by atoms with van der Waals surface area (Å²) < 4.78 is 55.4. The van der Waals surface area contributed by atoms with Crippen LogP contribution in [0.25, 0.3) is 0 Å². The highest BCUT2D eigenvalue weighted by molar-refractivity contribution is 4.88. The van der Waals surface area contributed by atoms with Crippen LogP contribution in [-0.4, -0.2) is 18.6 Å². The molecule has 3 unspecified atom stereocenters. The van der Waals surface area contributed by atoms with Crippen molar-refractivity contribution >= 4 is 0 Å². The summed E-state index contributed by atoms with van der Waals surface area (Å²) in [6.45, 7) is 2.27. The van der Waals surface area contributed by atoms with E-state index in [1.165, 1.54) is 57.8 Å². The number of hydrogen-bond acceptors (Lipinski definition) is 1. The monoisotopic (exact) mass is 406 g/mol. The minimum atomic E-state index is -4.73. The topological polar surface area (TPSA) is 9.23 Å². The molecule has 0 N–H and O–H groups in total. The van der Waals surface area contributed by atoms with Crippen molar-refractivity contribution in [2.75, 3.05) is 0 Å². The first kappa shape index (κ1) is 22.4. The highest BCUT2D eigenvalue weighted by Gasteiger charge is 2.42. The van der Waals surface area contributed by atoms with Gasteiger partial charge in [0.2, 0.25) is 0 Å². The van der Waals surface area contributed by atoms with E-state index in [0.717, 1.165) is 30.6 Å². The zero-order valence-electron chi connectivity index (χ0n) is 17.4. The predicted octanol–water partition coefficient (Wildman–Crippen LogP) is 7.83. The van der Waals surface area contributed by atoms with Gasteiger partial charge < -0.3 is 0 Å². The molecule has 0 aromatic carbocycles. The Morgan fingerprint density at radius 1 is 0.750 bits per heavy atom. The first-order valence-electron chi connectivity index (χ1n) is 11.7. The molecule has 3 rings (SSSR count). The van der Waals surface area contributed by atoms with Gasteiger partial charge in [-0.25, -0.2) is 4.39 Å². The zero-order valence-corrected chi connectivity index (χ0v) is 17.4. The Bertz CT molecular complexity index is 450. The zero-order chi connectivity index (χ0) is 20.1. The molecule has 0 aliphatic heterocycles. The minimum absolute atomic E-state index is 0.201. The van der Waals surface area contributed by atoms with Crippen LogP contribution in [0.5, 0.6) is 0 Å². The van der Waals surface area contributed by atoms with E-state index in [0.29, 0.717) is 12.3 Å². The van der Waals surface area contributed by atoms with Gasteiger partial charge in [-0.05, 0) is 87.4 Å². The standard InChI is InChI=1S/C23H38F4O/c1-2-3-4-16-5-7-17(8-6-16)18-9-11-19(12-10-18)20-13-14-22(21(24)15-20)28-23(25,26)27/h16-22H,2-15H2,1H3. The Labute approximate surface area is 168 Å². The highest BCUT2D eigenvalue weighted by Crippen LogP contribution is 2.46. The van der Waals surface area contributed by atoms with E-state index >= 15 is 0 Å². The van der Waals surface area contributed by atoms with Crippen molar-refractivity contribution in [3.63, 3.8) is 0 Å². The molecular formula is C23H38F4O. The lowest BCUT2D eigenvalue weighted by atomic mass is 9.65. The highest BCUT2D eigenvalue weighted by atomic mass is 19.4. The summed E-state index contributed by atoms with van der Waals surface area (Å²) in [5.74, 6) is 3.40. The normalized spacial score (nSPS) is 40.4. The maximum absolute atomic E-state index is 14.3. The van der Waals surface area contributed by atoms with Gasteiger partial charge in [-0.2, -0.15) is 0 Å². The van der Waals surface area contributed by atoms with E-state index in [-0.39, 0.29) is 18.8 Å². The quantitative estimate of drug-likeness (QED) is 0.408. The predicted molar refractivity (Wildman–Crippen MR) is 104 cm³/mol. The van der Waals surface area contributed by atoms with Crippen molar-refractivity contribution in [2.24, 2.45) is 29.6 Å². The molecule has 5 heteroatoms. The van der Waals surface area contributed by atoms with Gasteiger partial charge in [0.1, 0.15) is 6.17 Å². The Kier molecular flexibility index (Phi) is 8.09. The summed E-state index contributed by atoms with van der Waals surface area (Å²) in [6.07, 6.45) is 8.04. The molecule has 0 bridgehead atoms. The van der Waals surface area contributed by atoms with E-state index in [4.69, 9.17) is 0 Å². The lowest BCUT2D eigenvalue weighted by Gasteiger charge is -2.42. The van der Waals surface area contributed by atoms with Crippen LogP contribution in [0.2, 0.25) is 0 Å². The number of ether oxygens (including phenoxy) is 1. The van der Waals surface area contributed by atoms with Gasteiger partial charge in [0, 0.05) is 0 Å². The molecule has 3 aliphatic rings. The van der Waals surface area contributed by atoms with Gasteiger partial charge in [-0.15, -0.1) is 13.2 Å². The van der Waals surface area contributed by atoms with Gasteiger partial charge >= 0.3 is 6.36 Å². The molecule has 1 nitrogen and oxygen atoms in total. The fourth-order valence-corrected chi connectivity index (χ4v) is 6.38. The summed E-state index contributed by atoms with van der Waals surface area (Å²) >= 11 is 0. The maximum atomic E-state index is 14.3. The molecular weight excluding hydrogens is 368 g/mol. The van der Waals surface area contributed by atoms with Crippen molar-refractivity contribution in [3.05, 3.63) is 0 Å². The summed E-state index contributed by atoms with van der Waals surface area (Å²) in [7, 11) is 0. The number of halogens is 4. The van der Waals surface area contributed by atoms with Crippen LogP contribution in [0.1, 0.15) is 96.8 Å². The Morgan fingerprint density at radius 3 is 1.75 bits per heavy atom. The second-order valence-corrected chi connectivity index (χ2v) is 9.79. The second kappa shape index (κ2) is 10.1. The Hall–Kier alpha value is -0.320. The average Bonchev–Trinajstić information content (AvgIpc) is 2.67. The molecule has 3 fully saturated rings. The largest absolute Gasteiger partial charge is 0.522 e. The Morgan fingerprint density at radius 2 is 1.25 bits per heavy atom. The van der Waals surface area contributed by atoms with Gasteiger partial charge in [-0.1, -0.05) is 39.0 Å². The second-order valence-electron chi connectivity index (χ2n) is 9.79. The van der Waals surface area contributed by atoms with Gasteiger partial charge in [-0.3, -0.25) is 4.74 Å². The molecule has 0 amide bonds. The number of hydrogen-bond donors (Lipinski definition) is 0. The van der Waals surface area contributed by atoms with E-state index < -0.39 is 18.6 Å². The molecule has 3 saturated carbocycles. The molecule has 3 aliphatic carbocycles. The summed E-state index contributed by atoms with van der Waals surface area (Å²) in [5.41, 5.74) is 0. The lowest BCUT2D eigenvalue weighted by Crippen LogP contribution is -2.39. The van der Waals surface area contributed by atoms with Gasteiger partial charge in [0.05, 0.1) is 6.10 Å². The summed E-state index contributed by atoms with van der Waals surface area (Å²) in [6, 6.07) is 0. The van der Waals surface area contributed by atoms with E-state index in [1.807, 2.05) is 0 Å². The van der Waals surface area contributed by atoms with Gasteiger partial charge in [0.25, 0.3) is 0 Å². The van der Waals surface area contributed by atoms with Crippen LogP contribution in [0.3, 0.4) is 0 Å². The smallest absolute Gasteiger partial charge is 0.286 e. The number of rotatable bonds is 6. The number of unbranched alkanes of at least 4 members (excludes halogenated alkanes) is 1. The molecule has 0 heterocycles. The third-order valence-electron chi connectivity index (χ3n) is 8.05. The molecule has 28 heavy (non-hydrogen) atoms. The third-order valence-corrected chi connectivity index (χ3v) is 8.05. The first-order chi connectivity index (χ1) is 13.4. The number of alkyl halides is 4. The SMILES string of the molecule is CCCCC1CCC(C2CCC(C3CCC(OC(F)(F)F)C(F)C3)CC2)CC1. The fourth-order valence-electron chi connectivity index (χ4n) is 6.38. The van der Waals surface area contributed by atoms with Crippen molar-refractivity contribution < 1.29 is 22.3 Å². The van der Waals surface area contributed by atoms with E-state index in [9.17, 15) is 17.6 Å². The van der Waals surface area contributed by atoms with Crippen LogP contribution < -0.4 is 0 Å². The summed E-state index contributed by atoms with van der Waals surface area (Å²) in [5, 5.41) is 0. The summed E-state index contributed by atoms with van der Waals surface area (Å²) in [4.78, 5) is 0. The van der Waals surface area contributed by atoms with Crippen LogP contribution in [-0.2, 0) is 4.74 Å². The third kappa shape index (κ3) is 6.34. The Balaban J connectivity index is 1.38. The van der Waals surface area contributed by atoms with Crippen LogP contribution in [0.4, 0.5) is 17.6 Å². The molecule has 0 radical (unpaired) electrons. The lowest BCUT2D eigenvalue weighted by molar-refractivity contribution is -0.352. The van der Waals surface area contributed by atoms with Crippen molar-refractivity contribution in [1.29, 1.82) is 0 Å². The minimum Gasteiger partial charge on any atom is -0.286 e. The van der Waals surface area contributed by atoms with Gasteiger partial charge in [0.15, 0.2) is 0 Å². The van der Waals surface area contributed by atoms with Crippen molar-refractivity contribution in [1.82, 2.24) is 0 Å². The van der Waals surface area contributed by atoms with E-state index in [1.54, 1.807) is 0 Å². The molecule has 0 aromatic rings. The van der Waals surface area contributed by atoms with Crippen LogP contribution in [0.15, 0.2) is 0 Å². The molecule has 0 saturated heterocycles. The molecule has 0 spiro atoms. The van der Waals surface area contributed by atoms with Crippen LogP contribution in [0, 0.1) is 29.6 Å². The first-order valence-corrected chi connectivity index (χ1v) is 11.7. The molecule has 164 valence electrons. The van der Waals surface area contributed by atoms with Crippen molar-refractivity contribution in [2.45, 2.75) is 115 Å². The molecule has 3 atom stereocenters. The van der Waals surface area contributed by atoms with Crippen LogP contribution >= 0.6 is 0 Å². The average molecular weight is 407 g/mol. The fraction of sp³-hybridized carbons (Fsp3) is 1.00. The van der Waals surface area contributed by atoms with Crippen molar-refractivity contribution in [3.8, 4) is 0 Å². The van der Waals surface area contributed by atoms with E-state index in [2.05, 4.69) is 11.7 Å².